The zero-order valence-corrected chi connectivity index (χ0v) is 14.6. The number of carbonyl (C=O) groups excluding carboxylic acids is 2. The van der Waals surface area contributed by atoms with Crippen LogP contribution in [-0.2, 0) is 4.74 Å². The second-order valence-electron chi connectivity index (χ2n) is 5.18. The molecule has 1 rings (SSSR count). The second-order valence-corrected chi connectivity index (χ2v) is 6.57. The molecule has 122 valence electrons. The van der Waals surface area contributed by atoms with Crippen molar-refractivity contribution in [2.24, 2.45) is 0 Å². The van der Waals surface area contributed by atoms with E-state index in [1.54, 1.807) is 17.0 Å². The molecule has 22 heavy (non-hydrogen) atoms. The Bertz CT molecular complexity index is 474. The minimum absolute atomic E-state index is 0.0825. The first-order chi connectivity index (χ1) is 10.5. The van der Waals surface area contributed by atoms with E-state index in [0.29, 0.717) is 25.1 Å². The van der Waals surface area contributed by atoms with E-state index in [9.17, 15) is 9.59 Å². The van der Waals surface area contributed by atoms with Gasteiger partial charge in [-0.2, -0.15) is 0 Å². The Morgan fingerprint density at radius 3 is 2.27 bits per heavy atom. The Hall–Kier alpha value is -1.49. The molecule has 0 aliphatic rings. The molecular formula is C17H25NO3S. The lowest BCUT2D eigenvalue weighted by Crippen LogP contribution is -2.29. The molecule has 5 heteroatoms. The van der Waals surface area contributed by atoms with Crippen molar-refractivity contribution in [3.8, 4) is 0 Å². The Labute approximate surface area is 137 Å². The largest absolute Gasteiger partial charge is 0.459 e. The SMILES string of the molecule is CCN(CC)C(=O)SC(C)CC(C)OC(=O)c1ccccc1. The minimum atomic E-state index is -0.319. The third kappa shape index (κ3) is 6.10. The fourth-order valence-corrected chi connectivity index (χ4v) is 3.24. The fraction of sp³-hybridized carbons (Fsp3) is 0.529. The quantitative estimate of drug-likeness (QED) is 0.705. The van der Waals surface area contributed by atoms with Crippen LogP contribution < -0.4 is 0 Å². The number of amides is 1. The molecule has 0 bridgehead atoms. The summed E-state index contributed by atoms with van der Waals surface area (Å²) < 4.78 is 5.42. The van der Waals surface area contributed by atoms with E-state index in [2.05, 4.69) is 0 Å². The summed E-state index contributed by atoms with van der Waals surface area (Å²) in [6.07, 6.45) is 0.427. The average molecular weight is 323 g/mol. The standard InChI is InChI=1S/C17H25NO3S/c1-5-18(6-2)17(20)22-14(4)12-13(3)21-16(19)15-10-8-7-9-11-15/h7-11,13-14H,5-6,12H2,1-4H3. The molecular weight excluding hydrogens is 298 g/mol. The molecule has 0 heterocycles. The molecule has 1 aromatic carbocycles. The Morgan fingerprint density at radius 2 is 1.73 bits per heavy atom. The van der Waals surface area contributed by atoms with Gasteiger partial charge in [-0.05, 0) is 39.3 Å². The van der Waals surface area contributed by atoms with Crippen LogP contribution in [0.1, 0.15) is 44.5 Å². The lowest BCUT2D eigenvalue weighted by atomic mass is 10.2. The van der Waals surface area contributed by atoms with Gasteiger partial charge in [0, 0.05) is 18.3 Å². The third-order valence-electron chi connectivity index (χ3n) is 3.31. The van der Waals surface area contributed by atoms with Crippen LogP contribution in [0, 0.1) is 0 Å². The van der Waals surface area contributed by atoms with Gasteiger partial charge in [0.05, 0.1) is 5.56 Å². The highest BCUT2D eigenvalue weighted by atomic mass is 32.2. The molecule has 2 unspecified atom stereocenters. The Morgan fingerprint density at radius 1 is 1.14 bits per heavy atom. The number of hydrogen-bond donors (Lipinski definition) is 0. The predicted molar refractivity (Wildman–Crippen MR) is 91.3 cm³/mol. The molecule has 0 aromatic heterocycles. The summed E-state index contributed by atoms with van der Waals surface area (Å²) in [5, 5.41) is 0.186. The fourth-order valence-electron chi connectivity index (χ4n) is 2.12. The molecule has 0 aliphatic heterocycles. The minimum Gasteiger partial charge on any atom is -0.459 e. The summed E-state index contributed by atoms with van der Waals surface area (Å²) in [6.45, 7) is 9.22. The van der Waals surface area contributed by atoms with Gasteiger partial charge in [-0.3, -0.25) is 4.79 Å². The molecule has 0 N–H and O–H groups in total. The van der Waals surface area contributed by atoms with Gasteiger partial charge >= 0.3 is 5.97 Å². The van der Waals surface area contributed by atoms with Crippen molar-refractivity contribution < 1.29 is 14.3 Å². The highest BCUT2D eigenvalue weighted by Crippen LogP contribution is 2.21. The Balaban J connectivity index is 2.42. The van der Waals surface area contributed by atoms with Crippen molar-refractivity contribution in [1.29, 1.82) is 0 Å². The second kappa shape index (κ2) is 9.51. The maximum atomic E-state index is 12.0. The summed E-state index contributed by atoms with van der Waals surface area (Å²) in [4.78, 5) is 25.8. The van der Waals surface area contributed by atoms with Crippen molar-refractivity contribution in [3.63, 3.8) is 0 Å². The normalized spacial score (nSPS) is 13.3. The number of nitrogens with zero attached hydrogens (tertiary/aromatic N) is 1. The first-order valence-corrected chi connectivity index (χ1v) is 8.57. The van der Waals surface area contributed by atoms with Crippen LogP contribution in [0.2, 0.25) is 0 Å². The summed E-state index contributed by atoms with van der Waals surface area (Å²) in [5.74, 6) is -0.319. The number of esters is 1. The molecule has 0 aliphatic carbocycles. The molecule has 0 radical (unpaired) electrons. The van der Waals surface area contributed by atoms with Crippen LogP contribution in [0.5, 0.6) is 0 Å². The molecule has 4 nitrogen and oxygen atoms in total. The molecule has 0 spiro atoms. The van der Waals surface area contributed by atoms with Crippen molar-refractivity contribution >= 4 is 23.0 Å². The lowest BCUT2D eigenvalue weighted by molar-refractivity contribution is 0.0326. The Kier molecular flexibility index (Phi) is 8.02. The highest BCUT2D eigenvalue weighted by molar-refractivity contribution is 8.14. The number of hydrogen-bond acceptors (Lipinski definition) is 4. The van der Waals surface area contributed by atoms with Gasteiger partial charge in [-0.15, -0.1) is 0 Å². The van der Waals surface area contributed by atoms with Crippen molar-refractivity contribution in [2.45, 2.75) is 45.5 Å². The first-order valence-electron chi connectivity index (χ1n) is 7.69. The molecule has 0 fully saturated rings. The monoisotopic (exact) mass is 323 g/mol. The average Bonchev–Trinajstić information content (AvgIpc) is 2.48. The summed E-state index contributed by atoms with van der Waals surface area (Å²) in [5.41, 5.74) is 0.550. The number of carbonyl (C=O) groups is 2. The molecule has 0 saturated heterocycles. The van der Waals surface area contributed by atoms with Gasteiger partial charge in [0.1, 0.15) is 6.10 Å². The lowest BCUT2D eigenvalue weighted by Gasteiger charge is -2.22. The van der Waals surface area contributed by atoms with Gasteiger partial charge in [-0.25, -0.2) is 4.79 Å². The maximum absolute atomic E-state index is 12.0. The van der Waals surface area contributed by atoms with Crippen molar-refractivity contribution in [2.75, 3.05) is 13.1 Å². The van der Waals surface area contributed by atoms with Crippen LogP contribution >= 0.6 is 11.8 Å². The van der Waals surface area contributed by atoms with Gasteiger partial charge in [0.15, 0.2) is 0 Å². The highest BCUT2D eigenvalue weighted by Gasteiger charge is 2.19. The first kappa shape index (κ1) is 18.6. The van der Waals surface area contributed by atoms with Crippen LogP contribution in [0.4, 0.5) is 4.79 Å². The number of rotatable bonds is 7. The summed E-state index contributed by atoms with van der Waals surface area (Å²) >= 11 is 1.30. The number of benzene rings is 1. The number of thioether (sulfide) groups is 1. The number of ether oxygens (including phenoxy) is 1. The van der Waals surface area contributed by atoms with Gasteiger partial charge < -0.3 is 9.64 Å². The zero-order chi connectivity index (χ0) is 16.5. The smallest absolute Gasteiger partial charge is 0.338 e. The molecule has 0 saturated carbocycles. The van der Waals surface area contributed by atoms with Crippen molar-refractivity contribution in [1.82, 2.24) is 4.90 Å². The van der Waals surface area contributed by atoms with Crippen LogP contribution in [0.15, 0.2) is 30.3 Å². The van der Waals surface area contributed by atoms with Gasteiger partial charge in [0.25, 0.3) is 5.24 Å². The van der Waals surface area contributed by atoms with E-state index in [0.717, 1.165) is 0 Å². The third-order valence-corrected chi connectivity index (χ3v) is 4.36. The molecule has 2 atom stereocenters. The van der Waals surface area contributed by atoms with E-state index >= 15 is 0 Å². The van der Waals surface area contributed by atoms with Crippen LogP contribution in [0.25, 0.3) is 0 Å². The maximum Gasteiger partial charge on any atom is 0.338 e. The predicted octanol–water partition coefficient (Wildman–Crippen LogP) is 4.21. The van der Waals surface area contributed by atoms with Crippen LogP contribution in [0.3, 0.4) is 0 Å². The van der Waals surface area contributed by atoms with Gasteiger partial charge in [0.2, 0.25) is 0 Å². The van der Waals surface area contributed by atoms with Crippen molar-refractivity contribution in [3.05, 3.63) is 35.9 Å². The van der Waals surface area contributed by atoms with E-state index in [1.807, 2.05) is 45.9 Å². The van der Waals surface area contributed by atoms with Gasteiger partial charge in [-0.1, -0.05) is 36.9 Å². The molecule has 1 amide bonds. The summed E-state index contributed by atoms with van der Waals surface area (Å²) in [7, 11) is 0. The van der Waals surface area contributed by atoms with Crippen LogP contribution in [-0.4, -0.2) is 40.6 Å². The zero-order valence-electron chi connectivity index (χ0n) is 13.7. The van der Waals surface area contributed by atoms with E-state index < -0.39 is 0 Å². The topological polar surface area (TPSA) is 46.6 Å². The van der Waals surface area contributed by atoms with E-state index in [1.165, 1.54) is 11.8 Å². The van der Waals surface area contributed by atoms with E-state index in [4.69, 9.17) is 4.74 Å². The van der Waals surface area contributed by atoms with E-state index in [-0.39, 0.29) is 22.6 Å². The summed E-state index contributed by atoms with van der Waals surface area (Å²) in [6, 6.07) is 8.94. The molecule has 1 aromatic rings.